The number of carbonyl (C=O) groups excluding carboxylic acids is 1. The average molecular weight is 413 g/mol. The second-order valence-corrected chi connectivity index (χ2v) is 8.67. The van der Waals surface area contributed by atoms with E-state index in [2.05, 4.69) is 15.5 Å². The number of nitrogens with zero attached hydrogens (tertiary/aromatic N) is 7. The summed E-state index contributed by atoms with van der Waals surface area (Å²) in [5.74, 6) is 0.126. The van der Waals surface area contributed by atoms with Crippen molar-refractivity contribution in [3.63, 3.8) is 0 Å². The lowest BCUT2D eigenvalue weighted by atomic mass is 9.78. The first kappa shape index (κ1) is 18.9. The lowest BCUT2D eigenvalue weighted by Crippen LogP contribution is -2.57. The summed E-state index contributed by atoms with van der Waals surface area (Å²) in [6, 6.07) is 2.96. The van der Waals surface area contributed by atoms with Crippen LogP contribution in [0, 0.1) is 16.0 Å². The van der Waals surface area contributed by atoms with Crippen molar-refractivity contribution in [1.82, 2.24) is 29.7 Å². The summed E-state index contributed by atoms with van der Waals surface area (Å²) < 4.78 is 3.16. The standard InChI is InChI=1S/C19H23N7O4/c27-17-16(26(29)30)5-4-15-14-8-13(10-24(15)17)9-23(11-14)18(28)19(6-2-1-3-7-19)25-12-20-21-22-25/h4-5,12-14H,1-3,6-11H2/t13-,14?/m0/s1. The van der Waals surface area contributed by atoms with Gasteiger partial charge in [-0.3, -0.25) is 19.7 Å². The van der Waals surface area contributed by atoms with E-state index in [-0.39, 0.29) is 17.7 Å². The second kappa shape index (κ2) is 6.99. The normalized spacial score (nSPS) is 24.9. The monoisotopic (exact) mass is 413 g/mol. The molecule has 0 N–H and O–H groups in total. The minimum absolute atomic E-state index is 0.00975. The molecule has 158 valence electrons. The van der Waals surface area contributed by atoms with Gasteiger partial charge in [-0.25, -0.2) is 4.68 Å². The number of carbonyl (C=O) groups is 1. The summed E-state index contributed by atoms with van der Waals surface area (Å²) in [6.07, 6.45) is 6.83. The molecule has 1 saturated heterocycles. The molecule has 2 aromatic heterocycles. The van der Waals surface area contributed by atoms with Gasteiger partial charge in [-0.05, 0) is 41.7 Å². The van der Waals surface area contributed by atoms with Crippen LogP contribution in [0.5, 0.6) is 0 Å². The molecule has 2 aromatic rings. The Hall–Kier alpha value is -3.11. The second-order valence-electron chi connectivity index (χ2n) is 8.67. The minimum atomic E-state index is -0.747. The summed E-state index contributed by atoms with van der Waals surface area (Å²) in [7, 11) is 0. The third-order valence-electron chi connectivity index (χ3n) is 6.93. The van der Waals surface area contributed by atoms with Crippen LogP contribution < -0.4 is 5.56 Å². The zero-order chi connectivity index (χ0) is 20.9. The largest absolute Gasteiger partial charge is 0.340 e. The summed E-state index contributed by atoms with van der Waals surface area (Å²) in [4.78, 5) is 38.8. The maximum absolute atomic E-state index is 13.8. The van der Waals surface area contributed by atoms with Crippen LogP contribution in [0.2, 0.25) is 0 Å². The highest BCUT2D eigenvalue weighted by Gasteiger charge is 2.47. The van der Waals surface area contributed by atoms with Gasteiger partial charge in [-0.15, -0.1) is 5.10 Å². The number of likely N-dealkylation sites (tertiary alicyclic amines) is 1. The zero-order valence-corrected chi connectivity index (χ0v) is 16.5. The quantitative estimate of drug-likeness (QED) is 0.543. The molecule has 0 aromatic carbocycles. The topological polar surface area (TPSA) is 129 Å². The molecule has 11 heteroatoms. The molecular weight excluding hydrogens is 390 g/mol. The van der Waals surface area contributed by atoms with Gasteiger partial charge < -0.3 is 9.47 Å². The van der Waals surface area contributed by atoms with Crippen LogP contribution in [0.3, 0.4) is 0 Å². The molecule has 30 heavy (non-hydrogen) atoms. The van der Waals surface area contributed by atoms with Crippen LogP contribution in [-0.4, -0.2) is 53.6 Å². The van der Waals surface area contributed by atoms with E-state index in [0.29, 0.717) is 32.5 Å². The molecule has 3 aliphatic rings. The Kier molecular flexibility index (Phi) is 4.40. The van der Waals surface area contributed by atoms with E-state index in [1.807, 2.05) is 4.90 Å². The van der Waals surface area contributed by atoms with Crippen LogP contribution in [0.1, 0.15) is 50.1 Å². The Bertz CT molecular complexity index is 1040. The van der Waals surface area contributed by atoms with Gasteiger partial charge in [0.1, 0.15) is 11.9 Å². The SMILES string of the molecule is O=C(N1CC2C[C@@H](C1)Cn1c2ccc([N+](=O)[O-])c1=O)C1(n2cnnn2)CCCCC1. The van der Waals surface area contributed by atoms with Crippen molar-refractivity contribution < 1.29 is 9.72 Å². The Morgan fingerprint density at radius 1 is 1.17 bits per heavy atom. The number of fused-ring (bicyclic) bond motifs is 4. The molecule has 1 saturated carbocycles. The van der Waals surface area contributed by atoms with E-state index in [4.69, 9.17) is 0 Å². The van der Waals surface area contributed by atoms with Crippen LogP contribution in [0.4, 0.5) is 5.69 Å². The third kappa shape index (κ3) is 2.83. The highest BCUT2D eigenvalue weighted by atomic mass is 16.6. The van der Waals surface area contributed by atoms with Gasteiger partial charge in [0, 0.05) is 37.3 Å². The summed E-state index contributed by atoms with van der Waals surface area (Å²) >= 11 is 0. The fraction of sp³-hybridized carbons (Fsp3) is 0.632. The van der Waals surface area contributed by atoms with E-state index in [1.165, 1.54) is 17.0 Å². The Morgan fingerprint density at radius 3 is 2.67 bits per heavy atom. The van der Waals surface area contributed by atoms with Crippen molar-refractivity contribution in [3.05, 3.63) is 44.6 Å². The Morgan fingerprint density at radius 2 is 1.97 bits per heavy atom. The number of hydrogen-bond acceptors (Lipinski definition) is 7. The van der Waals surface area contributed by atoms with E-state index >= 15 is 0 Å². The number of piperidine rings is 1. The van der Waals surface area contributed by atoms with Gasteiger partial charge in [0.25, 0.3) is 5.91 Å². The third-order valence-corrected chi connectivity index (χ3v) is 6.93. The summed E-state index contributed by atoms with van der Waals surface area (Å²) in [5.41, 5.74) is -0.918. The van der Waals surface area contributed by atoms with Crippen LogP contribution in [0.15, 0.2) is 23.3 Å². The predicted octanol–water partition coefficient (Wildman–Crippen LogP) is 1.05. The van der Waals surface area contributed by atoms with Crippen LogP contribution in [0.25, 0.3) is 0 Å². The number of nitro groups is 1. The number of aromatic nitrogens is 5. The van der Waals surface area contributed by atoms with Crippen molar-refractivity contribution in [3.8, 4) is 0 Å². The van der Waals surface area contributed by atoms with Crippen molar-refractivity contribution in [2.24, 2.45) is 5.92 Å². The highest BCUT2D eigenvalue weighted by Crippen LogP contribution is 2.40. The van der Waals surface area contributed by atoms with E-state index in [1.54, 1.807) is 10.7 Å². The van der Waals surface area contributed by atoms with Crippen molar-refractivity contribution in [2.75, 3.05) is 13.1 Å². The lowest BCUT2D eigenvalue weighted by molar-refractivity contribution is -0.386. The van der Waals surface area contributed by atoms with Gasteiger partial charge >= 0.3 is 11.2 Å². The van der Waals surface area contributed by atoms with E-state index < -0.39 is 21.7 Å². The maximum atomic E-state index is 13.8. The molecular formula is C19H23N7O4. The first-order chi connectivity index (χ1) is 14.5. The molecule has 1 aliphatic carbocycles. The smallest absolute Gasteiger partial charge is 0.334 e. The molecule has 4 heterocycles. The van der Waals surface area contributed by atoms with Crippen molar-refractivity contribution in [2.45, 2.75) is 56.5 Å². The summed E-state index contributed by atoms with van der Waals surface area (Å²) in [5, 5.41) is 22.7. The lowest BCUT2D eigenvalue weighted by Gasteiger charge is -2.46. The average Bonchev–Trinajstić information content (AvgIpc) is 3.29. The zero-order valence-electron chi connectivity index (χ0n) is 16.5. The van der Waals surface area contributed by atoms with E-state index in [9.17, 15) is 19.7 Å². The number of hydrogen-bond donors (Lipinski definition) is 0. The molecule has 11 nitrogen and oxygen atoms in total. The highest BCUT2D eigenvalue weighted by molar-refractivity contribution is 5.84. The molecule has 2 aliphatic heterocycles. The predicted molar refractivity (Wildman–Crippen MR) is 104 cm³/mol. The first-order valence-corrected chi connectivity index (χ1v) is 10.4. The molecule has 0 radical (unpaired) electrons. The first-order valence-electron chi connectivity index (χ1n) is 10.4. The Labute approximate surface area is 171 Å². The van der Waals surface area contributed by atoms with Crippen molar-refractivity contribution >= 4 is 11.6 Å². The van der Waals surface area contributed by atoms with Gasteiger partial charge in [0.2, 0.25) is 0 Å². The minimum Gasteiger partial charge on any atom is -0.340 e. The molecule has 5 rings (SSSR count). The van der Waals surface area contributed by atoms with Gasteiger partial charge in [-0.1, -0.05) is 19.3 Å². The molecule has 1 unspecified atom stereocenters. The number of tetrazole rings is 1. The van der Waals surface area contributed by atoms with E-state index in [0.717, 1.165) is 31.4 Å². The van der Waals surface area contributed by atoms with Crippen LogP contribution >= 0.6 is 0 Å². The molecule has 2 fully saturated rings. The van der Waals surface area contributed by atoms with Crippen LogP contribution in [-0.2, 0) is 16.9 Å². The van der Waals surface area contributed by atoms with Gasteiger partial charge in [0.05, 0.1) is 4.92 Å². The maximum Gasteiger partial charge on any atom is 0.334 e. The molecule has 1 amide bonds. The number of amides is 1. The van der Waals surface area contributed by atoms with Gasteiger partial charge in [-0.2, -0.15) is 0 Å². The summed E-state index contributed by atoms with van der Waals surface area (Å²) in [6.45, 7) is 1.43. The molecule has 0 spiro atoms. The molecule has 2 bridgehead atoms. The number of rotatable bonds is 3. The molecule has 2 atom stereocenters. The van der Waals surface area contributed by atoms with Gasteiger partial charge in [0.15, 0.2) is 0 Å². The Balaban J connectivity index is 1.47. The fourth-order valence-electron chi connectivity index (χ4n) is 5.57. The fourth-order valence-corrected chi connectivity index (χ4v) is 5.57. The number of pyridine rings is 1. The van der Waals surface area contributed by atoms with Crippen molar-refractivity contribution in [1.29, 1.82) is 0 Å².